The number of halogens is 1. The highest BCUT2D eigenvalue weighted by atomic mass is 19.1. The van der Waals surface area contributed by atoms with Gasteiger partial charge in [0.2, 0.25) is 0 Å². The monoisotopic (exact) mass is 314 g/mol. The van der Waals surface area contributed by atoms with Crippen molar-refractivity contribution in [3.05, 3.63) is 59.4 Å². The van der Waals surface area contributed by atoms with E-state index >= 15 is 0 Å². The number of rotatable bonds is 3. The number of fused-ring (bicyclic) bond motifs is 1. The molecule has 1 N–H and O–H groups in total. The van der Waals surface area contributed by atoms with Crippen molar-refractivity contribution in [3.8, 4) is 5.75 Å². The Balaban J connectivity index is 1.76. The summed E-state index contributed by atoms with van der Waals surface area (Å²) in [6, 6.07) is 11.0. The van der Waals surface area contributed by atoms with Crippen LogP contribution in [0.4, 0.5) is 10.1 Å². The molecule has 1 aliphatic rings. The zero-order valence-electron chi connectivity index (χ0n) is 12.5. The van der Waals surface area contributed by atoms with E-state index in [1.165, 1.54) is 17.0 Å². The summed E-state index contributed by atoms with van der Waals surface area (Å²) in [5.74, 6) is -0.298. The van der Waals surface area contributed by atoms with Gasteiger partial charge in [0.1, 0.15) is 11.6 Å². The molecule has 0 saturated carbocycles. The molecule has 6 heteroatoms. The number of amides is 2. The number of hydrogen-bond acceptors (Lipinski definition) is 3. The van der Waals surface area contributed by atoms with Crippen LogP contribution >= 0.6 is 0 Å². The molecule has 0 bridgehead atoms. The first-order valence-corrected chi connectivity index (χ1v) is 7.09. The quantitative estimate of drug-likeness (QED) is 0.946. The molecule has 0 fully saturated rings. The third kappa shape index (κ3) is 3.31. The zero-order valence-corrected chi connectivity index (χ0v) is 12.5. The van der Waals surface area contributed by atoms with Crippen molar-refractivity contribution in [2.45, 2.75) is 6.54 Å². The third-order valence-electron chi connectivity index (χ3n) is 3.52. The van der Waals surface area contributed by atoms with Crippen LogP contribution in [-0.4, -0.2) is 30.4 Å². The van der Waals surface area contributed by atoms with Crippen molar-refractivity contribution < 1.29 is 18.7 Å². The Bertz CT molecular complexity index is 776. The number of carbonyl (C=O) groups excluding carboxylic acids is 2. The van der Waals surface area contributed by atoms with E-state index in [-0.39, 0.29) is 24.2 Å². The lowest BCUT2D eigenvalue weighted by Gasteiger charge is -2.21. The van der Waals surface area contributed by atoms with Crippen LogP contribution in [-0.2, 0) is 11.3 Å². The van der Waals surface area contributed by atoms with Crippen molar-refractivity contribution in [2.24, 2.45) is 0 Å². The molecule has 2 amide bonds. The Hall–Kier alpha value is -2.89. The zero-order chi connectivity index (χ0) is 16.4. The topological polar surface area (TPSA) is 58.6 Å². The number of ether oxygens (including phenoxy) is 1. The summed E-state index contributed by atoms with van der Waals surface area (Å²) in [4.78, 5) is 25.2. The van der Waals surface area contributed by atoms with Crippen LogP contribution in [0.15, 0.2) is 42.5 Å². The van der Waals surface area contributed by atoms with Crippen molar-refractivity contribution >= 4 is 17.5 Å². The molecule has 0 saturated heterocycles. The molecule has 0 spiro atoms. The average molecular weight is 314 g/mol. The van der Waals surface area contributed by atoms with E-state index in [9.17, 15) is 14.0 Å². The Labute approximate surface area is 132 Å². The van der Waals surface area contributed by atoms with Crippen LogP contribution < -0.4 is 10.1 Å². The van der Waals surface area contributed by atoms with Gasteiger partial charge in [0, 0.05) is 19.2 Å². The lowest BCUT2D eigenvalue weighted by Crippen LogP contribution is -2.28. The predicted octanol–water partition coefficient (Wildman–Crippen LogP) is 2.43. The number of nitrogens with one attached hydrogen (secondary N) is 1. The van der Waals surface area contributed by atoms with E-state index in [2.05, 4.69) is 5.32 Å². The molecule has 118 valence electrons. The second-order valence-electron chi connectivity index (χ2n) is 5.34. The highest BCUT2D eigenvalue weighted by Crippen LogP contribution is 2.29. The molecule has 1 heterocycles. The largest absolute Gasteiger partial charge is 0.482 e. The van der Waals surface area contributed by atoms with Crippen LogP contribution in [0.5, 0.6) is 5.75 Å². The van der Waals surface area contributed by atoms with Gasteiger partial charge in [-0.15, -0.1) is 0 Å². The van der Waals surface area contributed by atoms with Gasteiger partial charge in [0.25, 0.3) is 11.8 Å². The first-order valence-electron chi connectivity index (χ1n) is 7.09. The van der Waals surface area contributed by atoms with Crippen LogP contribution in [0.2, 0.25) is 0 Å². The molecule has 0 atom stereocenters. The molecule has 0 aliphatic carbocycles. The maximum atomic E-state index is 13.2. The second-order valence-corrected chi connectivity index (χ2v) is 5.34. The first kappa shape index (κ1) is 15.0. The Morgan fingerprint density at radius 2 is 2.13 bits per heavy atom. The highest BCUT2D eigenvalue weighted by molar-refractivity contribution is 5.98. The normalized spacial score (nSPS) is 12.9. The number of hydrogen-bond donors (Lipinski definition) is 1. The minimum Gasteiger partial charge on any atom is -0.482 e. The number of carbonyl (C=O) groups is 2. The smallest absolute Gasteiger partial charge is 0.262 e. The second kappa shape index (κ2) is 6.08. The Morgan fingerprint density at radius 1 is 1.30 bits per heavy atom. The van der Waals surface area contributed by atoms with Crippen LogP contribution in [0.25, 0.3) is 0 Å². The SMILES string of the molecule is CN(Cc1cccc(F)c1)C(=O)c1ccc2c(c1)OCC(=O)N2. The summed E-state index contributed by atoms with van der Waals surface area (Å²) in [6.07, 6.45) is 0. The molecule has 2 aromatic carbocycles. The Morgan fingerprint density at radius 3 is 2.91 bits per heavy atom. The minimum atomic E-state index is -0.332. The van der Waals surface area contributed by atoms with Gasteiger partial charge in [-0.1, -0.05) is 12.1 Å². The minimum absolute atomic E-state index is 0.0657. The van der Waals surface area contributed by atoms with Crippen molar-refractivity contribution in [2.75, 3.05) is 19.0 Å². The molecule has 0 radical (unpaired) electrons. The van der Waals surface area contributed by atoms with Crippen LogP contribution in [0.1, 0.15) is 15.9 Å². The molecule has 0 unspecified atom stereocenters. The van der Waals surface area contributed by atoms with Crippen LogP contribution in [0, 0.1) is 5.82 Å². The van der Waals surface area contributed by atoms with Gasteiger partial charge in [-0.05, 0) is 35.9 Å². The molecule has 1 aliphatic heterocycles. The van der Waals surface area contributed by atoms with Crippen molar-refractivity contribution in [3.63, 3.8) is 0 Å². The highest BCUT2D eigenvalue weighted by Gasteiger charge is 2.19. The molecular weight excluding hydrogens is 299 g/mol. The van der Waals surface area contributed by atoms with E-state index < -0.39 is 0 Å². The van der Waals surface area contributed by atoms with Crippen molar-refractivity contribution in [1.29, 1.82) is 0 Å². The van der Waals surface area contributed by atoms with E-state index in [0.29, 0.717) is 29.1 Å². The van der Waals surface area contributed by atoms with Gasteiger partial charge in [0.15, 0.2) is 6.61 Å². The summed E-state index contributed by atoms with van der Waals surface area (Å²) in [5.41, 5.74) is 1.70. The standard InChI is InChI=1S/C17H15FN2O3/c1-20(9-11-3-2-4-13(18)7-11)17(22)12-5-6-14-15(8-12)23-10-16(21)19-14/h2-8H,9-10H2,1H3,(H,19,21). The summed E-state index contributed by atoms with van der Waals surface area (Å²) < 4.78 is 18.5. The Kier molecular flexibility index (Phi) is 3.97. The third-order valence-corrected chi connectivity index (χ3v) is 3.52. The molecule has 23 heavy (non-hydrogen) atoms. The molecule has 2 aromatic rings. The summed E-state index contributed by atoms with van der Waals surface area (Å²) >= 11 is 0. The number of anilines is 1. The van der Waals surface area contributed by atoms with E-state index in [0.717, 1.165) is 0 Å². The van der Waals surface area contributed by atoms with Gasteiger partial charge in [-0.3, -0.25) is 9.59 Å². The first-order chi connectivity index (χ1) is 11.0. The van der Waals surface area contributed by atoms with Gasteiger partial charge in [-0.2, -0.15) is 0 Å². The number of nitrogens with zero attached hydrogens (tertiary/aromatic N) is 1. The van der Waals surface area contributed by atoms with Crippen LogP contribution in [0.3, 0.4) is 0 Å². The predicted molar refractivity (Wildman–Crippen MR) is 82.8 cm³/mol. The fraction of sp³-hybridized carbons (Fsp3) is 0.176. The van der Waals surface area contributed by atoms with Gasteiger partial charge in [0.05, 0.1) is 5.69 Å². The molecule has 5 nitrogen and oxygen atoms in total. The summed E-state index contributed by atoms with van der Waals surface area (Å²) in [5, 5.41) is 2.67. The van der Waals surface area contributed by atoms with E-state index in [1.807, 2.05) is 0 Å². The lowest BCUT2D eigenvalue weighted by molar-refractivity contribution is -0.118. The fourth-order valence-electron chi connectivity index (χ4n) is 2.41. The van der Waals surface area contributed by atoms with Crippen molar-refractivity contribution in [1.82, 2.24) is 4.90 Å². The maximum absolute atomic E-state index is 13.2. The summed E-state index contributed by atoms with van der Waals surface area (Å²) in [7, 11) is 1.65. The molecule has 0 aromatic heterocycles. The van der Waals surface area contributed by atoms with Gasteiger partial charge in [-0.25, -0.2) is 4.39 Å². The van der Waals surface area contributed by atoms with Gasteiger partial charge < -0.3 is 15.0 Å². The molecule has 3 rings (SSSR count). The maximum Gasteiger partial charge on any atom is 0.262 e. The van der Waals surface area contributed by atoms with E-state index in [4.69, 9.17) is 4.74 Å². The van der Waals surface area contributed by atoms with Gasteiger partial charge >= 0.3 is 0 Å². The fourth-order valence-corrected chi connectivity index (χ4v) is 2.41. The van der Waals surface area contributed by atoms with E-state index in [1.54, 1.807) is 37.4 Å². The summed E-state index contributed by atoms with van der Waals surface area (Å²) in [6.45, 7) is 0.231. The molecular formula is C17H15FN2O3. The number of benzene rings is 2. The average Bonchev–Trinajstić information content (AvgIpc) is 2.53. The lowest BCUT2D eigenvalue weighted by atomic mass is 10.1.